The first-order valence-corrected chi connectivity index (χ1v) is 14.1. The van der Waals surface area contributed by atoms with Crippen LogP contribution in [0.3, 0.4) is 0 Å². The lowest BCUT2D eigenvalue weighted by atomic mass is 9.91. The normalized spacial score (nSPS) is 25.5. The fraction of sp³-hybridized carbons (Fsp3) is 0.552. The zero-order valence-electron chi connectivity index (χ0n) is 23.6. The van der Waals surface area contributed by atoms with Crippen molar-refractivity contribution in [2.24, 2.45) is 10.4 Å². The molecule has 0 spiro atoms. The number of nitrogens with one attached hydrogen (secondary N) is 2. The number of aromatic amines is 1. The van der Waals surface area contributed by atoms with Crippen LogP contribution in [0.25, 0.3) is 11.3 Å². The van der Waals surface area contributed by atoms with Crippen LogP contribution in [-0.2, 0) is 14.3 Å². The molecule has 1 atom stereocenters. The maximum Gasteiger partial charge on any atom is 0.230 e. The summed E-state index contributed by atoms with van der Waals surface area (Å²) in [7, 11) is 4.02. The molecule has 0 aliphatic carbocycles. The van der Waals surface area contributed by atoms with E-state index in [0.717, 1.165) is 50.2 Å². The predicted molar refractivity (Wildman–Crippen MR) is 152 cm³/mol. The lowest BCUT2D eigenvalue weighted by Gasteiger charge is -2.39. The Labute approximate surface area is 235 Å². The topological polar surface area (TPSA) is 98.3 Å². The molecular weight excluding hydrogens is 513 g/mol. The van der Waals surface area contributed by atoms with Gasteiger partial charge in [-0.3, -0.25) is 19.6 Å². The van der Waals surface area contributed by atoms with Crippen molar-refractivity contribution in [3.63, 3.8) is 0 Å². The molecule has 0 radical (unpaired) electrons. The molecule has 2 saturated heterocycles. The molecule has 0 saturated carbocycles. The van der Waals surface area contributed by atoms with E-state index in [2.05, 4.69) is 20.1 Å². The van der Waals surface area contributed by atoms with Crippen LogP contribution in [0, 0.1) is 11.2 Å². The second-order valence-electron chi connectivity index (χ2n) is 11.2. The first-order chi connectivity index (χ1) is 19.3. The number of carbonyl (C=O) groups excluding carboxylic acids is 1. The van der Waals surface area contributed by atoms with Crippen molar-refractivity contribution in [3.05, 3.63) is 48.2 Å². The number of hydrogen-bond acceptors (Lipinski definition) is 8. The lowest BCUT2D eigenvalue weighted by Crippen LogP contribution is -2.49. The highest BCUT2D eigenvalue weighted by molar-refractivity contribution is 5.82. The fourth-order valence-corrected chi connectivity index (χ4v) is 5.21. The van der Waals surface area contributed by atoms with E-state index in [-0.39, 0.29) is 31.2 Å². The predicted octanol–water partition coefficient (Wildman–Crippen LogP) is 3.51. The third-order valence-corrected chi connectivity index (χ3v) is 7.54. The molecule has 10 nitrogen and oxygen atoms in total. The molecule has 5 rings (SSSR count). The second-order valence-corrected chi connectivity index (χ2v) is 11.2. The number of halogens is 1. The average molecular weight is 554 g/mol. The number of ether oxygens (including phenoxy) is 2. The van der Waals surface area contributed by atoms with Gasteiger partial charge >= 0.3 is 0 Å². The third kappa shape index (κ3) is 6.43. The first kappa shape index (κ1) is 28.4. The van der Waals surface area contributed by atoms with E-state index in [1.807, 2.05) is 44.4 Å². The van der Waals surface area contributed by atoms with Crippen LogP contribution in [0.5, 0.6) is 0 Å². The van der Waals surface area contributed by atoms with Gasteiger partial charge in [0, 0.05) is 37.6 Å². The molecule has 216 valence electrons. The van der Waals surface area contributed by atoms with Crippen molar-refractivity contribution < 1.29 is 18.7 Å². The van der Waals surface area contributed by atoms with Crippen LogP contribution in [0.2, 0.25) is 0 Å². The van der Waals surface area contributed by atoms with E-state index in [4.69, 9.17) is 19.5 Å². The van der Waals surface area contributed by atoms with E-state index in [9.17, 15) is 9.18 Å². The van der Waals surface area contributed by atoms with E-state index >= 15 is 0 Å². The van der Waals surface area contributed by atoms with Crippen molar-refractivity contribution in [1.82, 2.24) is 25.1 Å². The Morgan fingerprint density at radius 1 is 1.18 bits per heavy atom. The average Bonchev–Trinajstić information content (AvgIpc) is 3.41. The van der Waals surface area contributed by atoms with Gasteiger partial charge in [-0.05, 0) is 77.2 Å². The largest absolute Gasteiger partial charge is 0.355 e. The Balaban J connectivity index is 1.35. The summed E-state index contributed by atoms with van der Waals surface area (Å²) in [5.74, 6) is 0.752. The van der Waals surface area contributed by atoms with Crippen LogP contribution < -0.4 is 10.2 Å². The van der Waals surface area contributed by atoms with E-state index < -0.39 is 11.7 Å². The van der Waals surface area contributed by atoms with Crippen molar-refractivity contribution in [2.45, 2.75) is 45.2 Å². The van der Waals surface area contributed by atoms with Crippen molar-refractivity contribution in [3.8, 4) is 11.3 Å². The number of carbonyl (C=O) groups is 1. The van der Waals surface area contributed by atoms with Gasteiger partial charge in [0.25, 0.3) is 0 Å². The van der Waals surface area contributed by atoms with Gasteiger partial charge in [0.2, 0.25) is 12.2 Å². The minimum atomic E-state index is -0.798. The number of rotatable bonds is 9. The molecule has 0 bridgehead atoms. The monoisotopic (exact) mass is 553 g/mol. The number of likely N-dealkylation sites (tertiary alicyclic amines) is 1. The molecule has 1 aromatic carbocycles. The summed E-state index contributed by atoms with van der Waals surface area (Å²) >= 11 is 0. The number of aliphatic imine (C=N–C) groups is 1. The molecule has 2 fully saturated rings. The Kier molecular flexibility index (Phi) is 8.94. The summed E-state index contributed by atoms with van der Waals surface area (Å²) in [5, 5.41) is 3.01. The minimum Gasteiger partial charge on any atom is -0.355 e. The van der Waals surface area contributed by atoms with E-state index in [0.29, 0.717) is 18.2 Å². The van der Waals surface area contributed by atoms with Crippen LogP contribution in [0.15, 0.2) is 41.5 Å². The Bertz CT molecular complexity index is 1200. The molecule has 2 aromatic rings. The third-order valence-electron chi connectivity index (χ3n) is 7.54. The Hall–Kier alpha value is -3.12. The minimum absolute atomic E-state index is 0.0856. The summed E-state index contributed by atoms with van der Waals surface area (Å²) in [6.45, 7) is 5.66. The smallest absolute Gasteiger partial charge is 0.230 e. The van der Waals surface area contributed by atoms with Crippen molar-refractivity contribution in [1.29, 1.82) is 0 Å². The highest BCUT2D eigenvalue weighted by atomic mass is 19.1. The van der Waals surface area contributed by atoms with Gasteiger partial charge in [0.1, 0.15) is 5.82 Å². The zero-order valence-corrected chi connectivity index (χ0v) is 23.6. The summed E-state index contributed by atoms with van der Waals surface area (Å²) in [6.07, 6.45) is 9.03. The van der Waals surface area contributed by atoms with Gasteiger partial charge in [-0.25, -0.2) is 9.37 Å². The van der Waals surface area contributed by atoms with Gasteiger partial charge < -0.3 is 24.7 Å². The van der Waals surface area contributed by atoms with Crippen molar-refractivity contribution in [2.75, 3.05) is 58.4 Å². The van der Waals surface area contributed by atoms with Crippen molar-refractivity contribution >= 4 is 17.9 Å². The highest BCUT2D eigenvalue weighted by Crippen LogP contribution is 2.37. The molecular formula is C29H40FN7O3. The maximum atomic E-state index is 13.8. The molecule has 2 N–H and O–H groups in total. The van der Waals surface area contributed by atoms with E-state index in [1.165, 1.54) is 18.6 Å². The summed E-state index contributed by atoms with van der Waals surface area (Å²) in [6, 6.07) is 6.32. The molecule has 3 aliphatic rings. The lowest BCUT2D eigenvalue weighted by molar-refractivity contribution is -0.231. The molecule has 3 aliphatic heterocycles. The van der Waals surface area contributed by atoms with Gasteiger partial charge in [-0.15, -0.1) is 0 Å². The zero-order chi connectivity index (χ0) is 28.1. The molecule has 40 heavy (non-hydrogen) atoms. The molecule has 1 amide bonds. The standard InChI is InChI=1S/C29H40FN7O3/c1-29(27(38)31-13-7-15-35(2)3)19-39-26(40-20-29)24-33-23(21-9-11-22(30)12-10-21)25(34-24)37-18-8-14-32-28(37)36-16-5-4-6-17-36/h8-12,14,18,26,28H,4-7,13,15-17,19-20H2,1-3H3,(H,31,38)(H,33,34). The number of H-pyrrole nitrogens is 1. The maximum absolute atomic E-state index is 13.8. The van der Waals surface area contributed by atoms with Crippen LogP contribution in [0.1, 0.15) is 44.7 Å². The first-order valence-electron chi connectivity index (χ1n) is 14.1. The Morgan fingerprint density at radius 3 is 2.60 bits per heavy atom. The molecule has 11 heteroatoms. The number of hydrogen-bond donors (Lipinski definition) is 2. The number of benzene rings is 1. The SMILES string of the molecule is CN(C)CCCNC(=O)C1(C)COC(c2nc(N3C=CC=NC3N3CCCCC3)c(-c3ccc(F)cc3)[nH]2)OC1. The summed E-state index contributed by atoms with van der Waals surface area (Å²) < 4.78 is 25.9. The number of amides is 1. The molecule has 1 unspecified atom stereocenters. The molecule has 4 heterocycles. The number of anilines is 1. The van der Waals surface area contributed by atoms with E-state index in [1.54, 1.807) is 12.1 Å². The number of piperidine rings is 1. The number of aromatic nitrogens is 2. The fourth-order valence-electron chi connectivity index (χ4n) is 5.21. The van der Waals surface area contributed by atoms with Gasteiger partial charge in [-0.1, -0.05) is 6.42 Å². The summed E-state index contributed by atoms with van der Waals surface area (Å²) in [4.78, 5) is 32.5. The van der Waals surface area contributed by atoms with Gasteiger partial charge in [0.05, 0.1) is 24.3 Å². The molecule has 1 aromatic heterocycles. The van der Waals surface area contributed by atoms with Crippen LogP contribution >= 0.6 is 0 Å². The van der Waals surface area contributed by atoms with Crippen LogP contribution in [-0.4, -0.2) is 91.7 Å². The highest BCUT2D eigenvalue weighted by Gasteiger charge is 2.41. The Morgan fingerprint density at radius 2 is 1.90 bits per heavy atom. The quantitative estimate of drug-likeness (QED) is 0.459. The van der Waals surface area contributed by atoms with Gasteiger partial charge in [0.15, 0.2) is 17.9 Å². The number of imidazole rings is 1. The van der Waals surface area contributed by atoms with Gasteiger partial charge in [-0.2, -0.15) is 0 Å². The second kappa shape index (κ2) is 12.6. The number of allylic oxidation sites excluding steroid dienone is 1. The number of nitrogens with zero attached hydrogens (tertiary/aromatic N) is 5. The van der Waals surface area contributed by atoms with Crippen LogP contribution in [0.4, 0.5) is 10.2 Å². The summed E-state index contributed by atoms with van der Waals surface area (Å²) in [5.41, 5.74) is 0.708.